The van der Waals surface area contributed by atoms with Crippen LogP contribution in [0.2, 0.25) is 0 Å². The van der Waals surface area contributed by atoms with Crippen LogP contribution in [-0.4, -0.2) is 87.6 Å². The van der Waals surface area contributed by atoms with Gasteiger partial charge in [-0.25, -0.2) is 14.4 Å². The summed E-state index contributed by atoms with van der Waals surface area (Å²) in [6.07, 6.45) is 1.59. The molecule has 2 amide bonds. The number of aromatic carboxylic acids is 1. The van der Waals surface area contributed by atoms with Gasteiger partial charge >= 0.3 is 18.2 Å². The number of nitrogens with zero attached hydrogens (tertiary/aromatic N) is 2. The van der Waals surface area contributed by atoms with Crippen LogP contribution in [0, 0.1) is 0 Å². The molecule has 0 heterocycles. The van der Waals surface area contributed by atoms with Crippen LogP contribution in [0.25, 0.3) is 0 Å². The third-order valence-corrected chi connectivity index (χ3v) is 4.22. The van der Waals surface area contributed by atoms with Gasteiger partial charge in [-0.3, -0.25) is 10.6 Å². The molecule has 0 radical (unpaired) electrons. The standard InChI is InChI=1S/C21H34N4O6/c1-24(2)12-5-7-14-30-20(28)22-17-11-9-10-16(19(26)27)18(17)23-21(29)31-15-8-6-13-25(3)4/h9-11H,5-8,12-15H2,1-4H3,(H,22,28)(H,23,29)(H,26,27). The number of para-hydroxylation sites is 1. The number of hydrogen-bond donors (Lipinski definition) is 3. The van der Waals surface area contributed by atoms with Crippen molar-refractivity contribution in [2.24, 2.45) is 0 Å². The smallest absolute Gasteiger partial charge is 0.411 e. The Morgan fingerprint density at radius 1 is 0.839 bits per heavy atom. The van der Waals surface area contributed by atoms with E-state index in [0.29, 0.717) is 12.8 Å². The number of nitrogens with one attached hydrogen (secondary N) is 2. The van der Waals surface area contributed by atoms with Crippen molar-refractivity contribution in [1.82, 2.24) is 9.80 Å². The Morgan fingerprint density at radius 3 is 1.84 bits per heavy atom. The number of unbranched alkanes of at least 4 members (excludes halogenated alkanes) is 2. The number of anilines is 2. The quantitative estimate of drug-likeness (QED) is 0.402. The Labute approximate surface area is 183 Å². The number of hydrogen-bond acceptors (Lipinski definition) is 7. The third kappa shape index (κ3) is 11.2. The fraction of sp³-hybridized carbons (Fsp3) is 0.571. The van der Waals surface area contributed by atoms with Crippen LogP contribution in [0.15, 0.2) is 18.2 Å². The summed E-state index contributed by atoms with van der Waals surface area (Å²) in [6.45, 7) is 2.19. The number of carbonyl (C=O) groups is 3. The molecule has 3 N–H and O–H groups in total. The Bertz CT molecular complexity index is 724. The molecule has 0 atom stereocenters. The van der Waals surface area contributed by atoms with Crippen molar-refractivity contribution < 1.29 is 29.0 Å². The van der Waals surface area contributed by atoms with Gasteiger partial charge in [-0.15, -0.1) is 0 Å². The van der Waals surface area contributed by atoms with Crippen molar-refractivity contribution in [3.63, 3.8) is 0 Å². The van der Waals surface area contributed by atoms with Crippen molar-refractivity contribution >= 4 is 29.5 Å². The van der Waals surface area contributed by atoms with Gasteiger partial charge in [0.25, 0.3) is 0 Å². The molecule has 0 spiro atoms. The molecule has 0 aromatic heterocycles. The number of carboxylic acids is 1. The van der Waals surface area contributed by atoms with E-state index in [1.807, 2.05) is 38.0 Å². The van der Waals surface area contributed by atoms with Crippen LogP contribution in [0.4, 0.5) is 21.0 Å². The van der Waals surface area contributed by atoms with Crippen LogP contribution >= 0.6 is 0 Å². The van der Waals surface area contributed by atoms with Gasteiger partial charge < -0.3 is 24.4 Å². The average molecular weight is 439 g/mol. The Morgan fingerprint density at radius 2 is 1.35 bits per heavy atom. The van der Waals surface area contributed by atoms with Crippen LogP contribution in [0.5, 0.6) is 0 Å². The first-order valence-electron chi connectivity index (χ1n) is 10.2. The molecule has 1 aromatic rings. The summed E-state index contributed by atoms with van der Waals surface area (Å²) in [7, 11) is 7.85. The lowest BCUT2D eigenvalue weighted by Crippen LogP contribution is -2.21. The largest absolute Gasteiger partial charge is 0.478 e. The highest BCUT2D eigenvalue weighted by molar-refractivity contribution is 6.05. The van der Waals surface area contributed by atoms with E-state index >= 15 is 0 Å². The number of carbonyl (C=O) groups excluding carboxylic acids is 2. The van der Waals surface area contributed by atoms with Gasteiger partial charge in [-0.2, -0.15) is 0 Å². The zero-order valence-electron chi connectivity index (χ0n) is 18.8. The SMILES string of the molecule is CN(C)CCCCOC(=O)Nc1cccc(C(=O)O)c1NC(=O)OCCCCN(C)C. The van der Waals surface area contributed by atoms with Crippen molar-refractivity contribution in [2.75, 3.05) is 65.1 Å². The van der Waals surface area contributed by atoms with Gasteiger partial charge in [-0.1, -0.05) is 6.07 Å². The van der Waals surface area contributed by atoms with Gasteiger partial charge in [0.15, 0.2) is 0 Å². The topological polar surface area (TPSA) is 120 Å². The Balaban J connectivity index is 2.66. The third-order valence-electron chi connectivity index (χ3n) is 4.22. The number of benzene rings is 1. The predicted octanol–water partition coefficient (Wildman–Crippen LogP) is 3.17. The Kier molecular flexibility index (Phi) is 12.0. The molecule has 174 valence electrons. The minimum atomic E-state index is -1.25. The number of rotatable bonds is 13. The van der Waals surface area contributed by atoms with E-state index < -0.39 is 18.2 Å². The molecule has 31 heavy (non-hydrogen) atoms. The van der Waals surface area contributed by atoms with Crippen LogP contribution in [-0.2, 0) is 9.47 Å². The monoisotopic (exact) mass is 438 g/mol. The summed E-state index contributed by atoms with van der Waals surface area (Å²) in [5.41, 5.74) is -0.117. The second-order valence-corrected chi connectivity index (χ2v) is 7.58. The summed E-state index contributed by atoms with van der Waals surface area (Å²) in [5, 5.41) is 14.4. The molecule has 10 heteroatoms. The maximum absolute atomic E-state index is 12.1. The highest BCUT2D eigenvalue weighted by Crippen LogP contribution is 2.27. The minimum Gasteiger partial charge on any atom is -0.478 e. The van der Waals surface area contributed by atoms with E-state index in [-0.39, 0.29) is 30.2 Å². The normalized spacial score (nSPS) is 10.8. The fourth-order valence-corrected chi connectivity index (χ4v) is 2.64. The summed E-state index contributed by atoms with van der Waals surface area (Å²) in [5.74, 6) is -1.25. The maximum atomic E-state index is 12.1. The zero-order valence-corrected chi connectivity index (χ0v) is 18.8. The first-order valence-corrected chi connectivity index (χ1v) is 10.2. The first kappa shape index (κ1) is 26.2. The van der Waals surface area contributed by atoms with E-state index in [1.165, 1.54) is 18.2 Å². The Hall–Kier alpha value is -2.85. The molecule has 0 unspecified atom stereocenters. The molecule has 0 aliphatic rings. The van der Waals surface area contributed by atoms with Crippen LogP contribution in [0.3, 0.4) is 0 Å². The van der Waals surface area contributed by atoms with E-state index in [2.05, 4.69) is 10.6 Å². The molecule has 0 fully saturated rings. The van der Waals surface area contributed by atoms with Gasteiger partial charge in [0, 0.05) is 0 Å². The minimum absolute atomic E-state index is 0.0575. The van der Waals surface area contributed by atoms with E-state index in [0.717, 1.165) is 25.9 Å². The van der Waals surface area contributed by atoms with Crippen LogP contribution in [0.1, 0.15) is 36.0 Å². The summed E-state index contributed by atoms with van der Waals surface area (Å²) >= 11 is 0. The lowest BCUT2D eigenvalue weighted by molar-refractivity contribution is 0.0698. The number of carboxylic acid groups (broad SMARTS) is 1. The number of amides is 2. The molecule has 1 aromatic carbocycles. The lowest BCUT2D eigenvalue weighted by Gasteiger charge is -2.15. The molecule has 0 bridgehead atoms. The molecule has 0 saturated carbocycles. The highest BCUT2D eigenvalue weighted by atomic mass is 16.6. The molecule has 0 saturated heterocycles. The molecule has 0 aliphatic heterocycles. The highest BCUT2D eigenvalue weighted by Gasteiger charge is 2.19. The molecular formula is C21H34N4O6. The zero-order chi connectivity index (χ0) is 23.2. The van der Waals surface area contributed by atoms with Crippen molar-refractivity contribution in [3.05, 3.63) is 23.8 Å². The van der Waals surface area contributed by atoms with Gasteiger partial charge in [0.1, 0.15) is 0 Å². The van der Waals surface area contributed by atoms with E-state index in [1.54, 1.807) is 0 Å². The first-order chi connectivity index (χ1) is 14.7. The average Bonchev–Trinajstić information content (AvgIpc) is 2.68. The predicted molar refractivity (Wildman–Crippen MR) is 119 cm³/mol. The fourth-order valence-electron chi connectivity index (χ4n) is 2.64. The van der Waals surface area contributed by atoms with E-state index in [4.69, 9.17) is 9.47 Å². The van der Waals surface area contributed by atoms with Gasteiger partial charge in [0.2, 0.25) is 0 Å². The maximum Gasteiger partial charge on any atom is 0.411 e. The molecule has 10 nitrogen and oxygen atoms in total. The molecule has 1 rings (SSSR count). The van der Waals surface area contributed by atoms with Crippen molar-refractivity contribution in [1.29, 1.82) is 0 Å². The summed E-state index contributed by atoms with van der Waals surface area (Å²) in [4.78, 5) is 39.9. The molecule has 0 aliphatic carbocycles. The van der Waals surface area contributed by atoms with Gasteiger partial charge in [0.05, 0.1) is 30.2 Å². The van der Waals surface area contributed by atoms with Gasteiger partial charge in [-0.05, 0) is 79.1 Å². The second-order valence-electron chi connectivity index (χ2n) is 7.58. The number of ether oxygens (including phenoxy) is 2. The second kappa shape index (κ2) is 14.2. The lowest BCUT2D eigenvalue weighted by atomic mass is 10.1. The summed E-state index contributed by atoms with van der Waals surface area (Å²) in [6, 6.07) is 4.27. The van der Waals surface area contributed by atoms with Crippen molar-refractivity contribution in [2.45, 2.75) is 25.7 Å². The summed E-state index contributed by atoms with van der Waals surface area (Å²) < 4.78 is 10.3. The van der Waals surface area contributed by atoms with Crippen molar-refractivity contribution in [3.8, 4) is 0 Å². The van der Waals surface area contributed by atoms with Crippen LogP contribution < -0.4 is 10.6 Å². The van der Waals surface area contributed by atoms with E-state index in [9.17, 15) is 19.5 Å². The molecular weight excluding hydrogens is 404 g/mol.